The van der Waals surface area contributed by atoms with E-state index in [1.54, 1.807) is 5.38 Å². The molecule has 0 aliphatic carbocycles. The van der Waals surface area contributed by atoms with Crippen molar-refractivity contribution in [3.05, 3.63) is 31.9 Å². The standard InChI is InChI=1S/C7H3BrN2OS2/c8-4-1-2-12-7(4)6(11)5-3-13-10-9-5/h1-3H. The predicted molar refractivity (Wildman–Crippen MR) is 55.4 cm³/mol. The van der Waals surface area contributed by atoms with Crippen molar-refractivity contribution in [1.29, 1.82) is 0 Å². The van der Waals surface area contributed by atoms with Crippen molar-refractivity contribution >= 4 is 44.6 Å². The summed E-state index contributed by atoms with van der Waals surface area (Å²) >= 11 is 5.87. The third-order valence-electron chi connectivity index (χ3n) is 1.42. The molecule has 2 aromatic rings. The van der Waals surface area contributed by atoms with Gasteiger partial charge in [-0.15, -0.1) is 16.4 Å². The molecule has 0 aliphatic heterocycles. The zero-order valence-electron chi connectivity index (χ0n) is 6.23. The van der Waals surface area contributed by atoms with Gasteiger partial charge in [-0.1, -0.05) is 4.49 Å². The second-order valence-electron chi connectivity index (χ2n) is 2.22. The minimum absolute atomic E-state index is 0.0735. The monoisotopic (exact) mass is 274 g/mol. The molecule has 2 heterocycles. The predicted octanol–water partition coefficient (Wildman–Crippen LogP) is 2.59. The number of aromatic nitrogens is 2. The fourth-order valence-electron chi connectivity index (χ4n) is 0.836. The van der Waals surface area contributed by atoms with E-state index in [9.17, 15) is 4.79 Å². The van der Waals surface area contributed by atoms with Crippen molar-refractivity contribution in [3.8, 4) is 0 Å². The second kappa shape index (κ2) is 3.65. The number of carbonyl (C=O) groups is 1. The molecule has 2 aromatic heterocycles. The number of carbonyl (C=O) groups excluding carboxylic acids is 1. The van der Waals surface area contributed by atoms with Crippen LogP contribution in [0.25, 0.3) is 0 Å². The number of rotatable bonds is 2. The van der Waals surface area contributed by atoms with Crippen LogP contribution in [-0.2, 0) is 0 Å². The van der Waals surface area contributed by atoms with Crippen LogP contribution in [0.2, 0.25) is 0 Å². The zero-order valence-corrected chi connectivity index (χ0v) is 9.45. The van der Waals surface area contributed by atoms with Crippen LogP contribution in [0.1, 0.15) is 15.4 Å². The Morgan fingerprint density at radius 2 is 2.38 bits per heavy atom. The lowest BCUT2D eigenvalue weighted by molar-refractivity contribution is 0.103. The summed E-state index contributed by atoms with van der Waals surface area (Å²) in [6, 6.07) is 1.84. The molecule has 0 unspecified atom stereocenters. The minimum atomic E-state index is -0.0735. The maximum absolute atomic E-state index is 11.7. The van der Waals surface area contributed by atoms with E-state index in [2.05, 4.69) is 25.5 Å². The highest BCUT2D eigenvalue weighted by molar-refractivity contribution is 9.10. The molecule has 66 valence electrons. The Hall–Kier alpha value is -0.590. The molecule has 0 saturated heterocycles. The number of hydrogen-bond acceptors (Lipinski definition) is 5. The summed E-state index contributed by atoms with van der Waals surface area (Å²) in [4.78, 5) is 12.3. The van der Waals surface area contributed by atoms with Gasteiger partial charge in [0.15, 0.2) is 0 Å². The van der Waals surface area contributed by atoms with E-state index >= 15 is 0 Å². The summed E-state index contributed by atoms with van der Waals surface area (Å²) < 4.78 is 4.46. The first-order valence-electron chi connectivity index (χ1n) is 3.34. The van der Waals surface area contributed by atoms with E-state index in [0.29, 0.717) is 10.6 Å². The number of nitrogens with zero attached hydrogens (tertiary/aromatic N) is 2. The molecule has 2 rings (SSSR count). The van der Waals surface area contributed by atoms with Crippen molar-refractivity contribution < 1.29 is 4.79 Å². The Bertz CT molecular complexity index is 423. The lowest BCUT2D eigenvalue weighted by Crippen LogP contribution is -1.99. The average molecular weight is 275 g/mol. The highest BCUT2D eigenvalue weighted by atomic mass is 79.9. The third kappa shape index (κ3) is 1.70. The molecule has 6 heteroatoms. The lowest BCUT2D eigenvalue weighted by atomic mass is 10.3. The number of ketones is 1. The normalized spacial score (nSPS) is 10.2. The average Bonchev–Trinajstić information content (AvgIpc) is 2.72. The molecule has 0 atom stereocenters. The summed E-state index contributed by atoms with van der Waals surface area (Å²) in [6.45, 7) is 0. The van der Waals surface area contributed by atoms with Crippen LogP contribution in [0.4, 0.5) is 0 Å². The van der Waals surface area contributed by atoms with E-state index in [0.717, 1.165) is 4.47 Å². The molecular formula is C7H3BrN2OS2. The van der Waals surface area contributed by atoms with Gasteiger partial charge in [0.1, 0.15) is 5.69 Å². The Kier molecular flexibility index (Phi) is 2.52. The molecule has 0 fully saturated rings. The van der Waals surface area contributed by atoms with Gasteiger partial charge in [-0.3, -0.25) is 4.79 Å². The Morgan fingerprint density at radius 3 is 2.92 bits per heavy atom. The summed E-state index contributed by atoms with van der Waals surface area (Å²) in [7, 11) is 0. The minimum Gasteiger partial charge on any atom is -0.286 e. The van der Waals surface area contributed by atoms with Gasteiger partial charge in [0.2, 0.25) is 5.78 Å². The van der Waals surface area contributed by atoms with Gasteiger partial charge in [-0.2, -0.15) is 0 Å². The van der Waals surface area contributed by atoms with Crippen molar-refractivity contribution in [2.24, 2.45) is 0 Å². The van der Waals surface area contributed by atoms with E-state index in [1.165, 1.54) is 22.9 Å². The molecule has 0 bridgehead atoms. The Morgan fingerprint density at radius 1 is 1.54 bits per heavy atom. The molecule has 0 radical (unpaired) electrons. The van der Waals surface area contributed by atoms with Gasteiger partial charge < -0.3 is 0 Å². The third-order valence-corrected chi connectivity index (χ3v) is 3.76. The van der Waals surface area contributed by atoms with Gasteiger partial charge in [0.05, 0.1) is 4.88 Å². The van der Waals surface area contributed by atoms with E-state index in [-0.39, 0.29) is 5.78 Å². The Balaban J connectivity index is 2.39. The van der Waals surface area contributed by atoms with E-state index in [1.807, 2.05) is 11.4 Å². The summed E-state index contributed by atoms with van der Waals surface area (Å²) in [6.07, 6.45) is 0. The van der Waals surface area contributed by atoms with Gasteiger partial charge in [0.25, 0.3) is 0 Å². The quantitative estimate of drug-likeness (QED) is 0.791. The first-order valence-corrected chi connectivity index (χ1v) is 5.84. The topological polar surface area (TPSA) is 42.9 Å². The molecule has 0 spiro atoms. The maximum atomic E-state index is 11.7. The number of thiophene rings is 1. The van der Waals surface area contributed by atoms with Crippen LogP contribution in [0.5, 0.6) is 0 Å². The van der Waals surface area contributed by atoms with Gasteiger partial charge in [-0.05, 0) is 38.9 Å². The molecule has 0 amide bonds. The maximum Gasteiger partial charge on any atom is 0.225 e. The zero-order chi connectivity index (χ0) is 9.26. The molecule has 0 aromatic carbocycles. The smallest absolute Gasteiger partial charge is 0.225 e. The van der Waals surface area contributed by atoms with Gasteiger partial charge >= 0.3 is 0 Å². The number of hydrogen-bond donors (Lipinski definition) is 0. The van der Waals surface area contributed by atoms with Crippen molar-refractivity contribution in [2.75, 3.05) is 0 Å². The molecule has 0 aliphatic rings. The first-order chi connectivity index (χ1) is 6.29. The van der Waals surface area contributed by atoms with Crippen LogP contribution in [0.3, 0.4) is 0 Å². The fourth-order valence-corrected chi connectivity index (χ4v) is 2.77. The largest absolute Gasteiger partial charge is 0.286 e. The summed E-state index contributed by atoms with van der Waals surface area (Å²) in [5, 5.41) is 7.22. The number of halogens is 1. The SMILES string of the molecule is O=C(c1csnn1)c1sccc1Br. The van der Waals surface area contributed by atoms with Crippen molar-refractivity contribution in [1.82, 2.24) is 9.59 Å². The Labute approximate surface area is 90.7 Å². The van der Waals surface area contributed by atoms with E-state index < -0.39 is 0 Å². The molecule has 0 saturated carbocycles. The van der Waals surface area contributed by atoms with Crippen molar-refractivity contribution in [3.63, 3.8) is 0 Å². The second-order valence-corrected chi connectivity index (χ2v) is 4.60. The van der Waals surface area contributed by atoms with Crippen LogP contribution >= 0.6 is 38.8 Å². The van der Waals surface area contributed by atoms with Crippen LogP contribution in [0.15, 0.2) is 21.3 Å². The molecule has 13 heavy (non-hydrogen) atoms. The highest BCUT2D eigenvalue weighted by Crippen LogP contribution is 2.24. The molecular weight excluding hydrogens is 272 g/mol. The first kappa shape index (κ1) is 8.98. The van der Waals surface area contributed by atoms with Gasteiger partial charge in [-0.25, -0.2) is 0 Å². The van der Waals surface area contributed by atoms with Crippen molar-refractivity contribution in [2.45, 2.75) is 0 Å². The summed E-state index contributed by atoms with van der Waals surface area (Å²) in [5.41, 5.74) is 0.410. The molecule has 3 nitrogen and oxygen atoms in total. The van der Waals surface area contributed by atoms with E-state index in [4.69, 9.17) is 0 Å². The fraction of sp³-hybridized carbons (Fsp3) is 0. The lowest BCUT2D eigenvalue weighted by Gasteiger charge is -1.91. The summed E-state index contributed by atoms with van der Waals surface area (Å²) in [5.74, 6) is -0.0735. The highest BCUT2D eigenvalue weighted by Gasteiger charge is 2.15. The van der Waals surface area contributed by atoms with Gasteiger partial charge in [0, 0.05) is 9.85 Å². The van der Waals surface area contributed by atoms with Crippen LogP contribution < -0.4 is 0 Å². The van der Waals surface area contributed by atoms with Crippen LogP contribution in [-0.4, -0.2) is 15.4 Å². The molecule has 0 N–H and O–H groups in total. The van der Waals surface area contributed by atoms with Crippen LogP contribution in [0, 0.1) is 0 Å².